The van der Waals surface area contributed by atoms with E-state index in [1.165, 1.54) is 116 Å². The van der Waals surface area contributed by atoms with Crippen LogP contribution < -0.4 is 13.7 Å². The maximum absolute atomic E-state index is 4.69. The van der Waals surface area contributed by atoms with Crippen molar-refractivity contribution in [2.45, 2.75) is 130 Å². The monoisotopic (exact) mass is 1190 g/mol. The molecule has 0 atom stereocenters. The SMILES string of the molecule is Cc1cc(C)c(C)c(-c2cc3ccc(-c4cnc(C(C)C)cn4)cc3c[n+]2C)c1.Cc1cc(C)c(C)c(-c2cc3ccc(-c4cnc(CC(C)(C)C)cn4)cc3c[n+]2C)c1.Cc1cc(C)c(C)c(-c2cc3ccc(-c4cnc(CC(C)C)cn4)cc3c[n+]2C)c1. The molecule has 9 heteroatoms. The molecule has 0 aliphatic heterocycles. The lowest BCUT2D eigenvalue weighted by atomic mass is 9.91. The second-order valence-corrected chi connectivity index (χ2v) is 27.2. The molecule has 0 fully saturated rings. The summed E-state index contributed by atoms with van der Waals surface area (Å²) in [7, 11) is 6.37. The highest BCUT2D eigenvalue weighted by Crippen LogP contribution is 2.33. The minimum absolute atomic E-state index is 0.208. The summed E-state index contributed by atoms with van der Waals surface area (Å²) >= 11 is 0. The molecule has 456 valence electrons. The Labute approximate surface area is 534 Å². The van der Waals surface area contributed by atoms with E-state index in [0.717, 1.165) is 63.7 Å². The Morgan fingerprint density at radius 1 is 0.367 bits per heavy atom. The molecular formula is C81H90N9+3. The summed E-state index contributed by atoms with van der Waals surface area (Å²) in [5.41, 5.74) is 28.8. The van der Waals surface area contributed by atoms with Crippen molar-refractivity contribution in [1.29, 1.82) is 0 Å². The van der Waals surface area contributed by atoms with Crippen LogP contribution in [0.4, 0.5) is 0 Å². The van der Waals surface area contributed by atoms with E-state index in [4.69, 9.17) is 0 Å². The lowest BCUT2D eigenvalue weighted by Crippen LogP contribution is -2.30. The zero-order chi connectivity index (χ0) is 64.5. The number of nitrogens with zero attached hydrogens (tertiary/aromatic N) is 9. The van der Waals surface area contributed by atoms with Crippen molar-refractivity contribution in [2.24, 2.45) is 32.5 Å². The van der Waals surface area contributed by atoms with Gasteiger partial charge in [-0.1, -0.05) is 120 Å². The van der Waals surface area contributed by atoms with Gasteiger partial charge in [0.1, 0.15) is 21.1 Å². The van der Waals surface area contributed by atoms with Gasteiger partial charge in [-0.3, -0.25) is 29.9 Å². The number of rotatable bonds is 10. The molecule has 90 heavy (non-hydrogen) atoms. The Bertz CT molecular complexity index is 4630. The average Bonchev–Trinajstić information content (AvgIpc) is 0.816. The van der Waals surface area contributed by atoms with E-state index >= 15 is 0 Å². The third kappa shape index (κ3) is 14.6. The van der Waals surface area contributed by atoms with Gasteiger partial charge in [-0.2, -0.15) is 0 Å². The number of benzene rings is 6. The fraction of sp³-hybridized carbons (Fsp3) is 0.296. The fourth-order valence-electron chi connectivity index (χ4n) is 12.2. The van der Waals surface area contributed by atoms with Crippen LogP contribution in [0.3, 0.4) is 0 Å². The molecule has 0 aliphatic carbocycles. The van der Waals surface area contributed by atoms with Crippen molar-refractivity contribution in [2.75, 3.05) is 0 Å². The minimum atomic E-state index is 0.208. The molecule has 0 spiro atoms. The molecule has 0 bridgehead atoms. The molecule has 0 radical (unpaired) electrons. The van der Waals surface area contributed by atoms with Crippen molar-refractivity contribution < 1.29 is 13.7 Å². The fourth-order valence-corrected chi connectivity index (χ4v) is 12.2. The first-order valence-electron chi connectivity index (χ1n) is 31.8. The molecule has 9 nitrogen and oxygen atoms in total. The molecule has 0 N–H and O–H groups in total. The predicted octanol–water partition coefficient (Wildman–Crippen LogP) is 18.1. The smallest absolute Gasteiger partial charge is 0.213 e. The molecule has 0 saturated carbocycles. The molecule has 0 unspecified atom stereocenters. The van der Waals surface area contributed by atoms with Crippen LogP contribution in [0.5, 0.6) is 0 Å². The van der Waals surface area contributed by atoms with E-state index in [9.17, 15) is 0 Å². The van der Waals surface area contributed by atoms with E-state index in [-0.39, 0.29) is 5.41 Å². The van der Waals surface area contributed by atoms with Crippen LogP contribution in [0.15, 0.2) is 165 Å². The molecule has 0 amide bonds. The topological polar surface area (TPSA) is 89.0 Å². The molecule has 12 aromatic rings. The van der Waals surface area contributed by atoms with Crippen LogP contribution in [-0.2, 0) is 34.0 Å². The van der Waals surface area contributed by atoms with Gasteiger partial charge < -0.3 is 0 Å². The molecule has 6 aromatic carbocycles. The van der Waals surface area contributed by atoms with Crippen LogP contribution >= 0.6 is 0 Å². The van der Waals surface area contributed by atoms with E-state index < -0.39 is 0 Å². The van der Waals surface area contributed by atoms with Gasteiger partial charge in [0, 0.05) is 86.3 Å². The van der Waals surface area contributed by atoms with Crippen molar-refractivity contribution in [3.05, 3.63) is 232 Å². The average molecular weight is 1190 g/mol. The summed E-state index contributed by atoms with van der Waals surface area (Å²) in [6.07, 6.45) is 19.9. The van der Waals surface area contributed by atoms with E-state index in [1.54, 1.807) is 0 Å². The van der Waals surface area contributed by atoms with Gasteiger partial charge in [-0.15, -0.1) is 0 Å². The van der Waals surface area contributed by atoms with E-state index in [0.29, 0.717) is 11.8 Å². The van der Waals surface area contributed by atoms with Gasteiger partial charge >= 0.3 is 0 Å². The first kappa shape index (κ1) is 63.8. The van der Waals surface area contributed by atoms with E-state index in [1.807, 2.05) is 37.2 Å². The van der Waals surface area contributed by atoms with Gasteiger partial charge in [-0.25, -0.2) is 13.7 Å². The van der Waals surface area contributed by atoms with Gasteiger partial charge in [0.15, 0.2) is 18.6 Å². The Hall–Kier alpha value is -9.21. The summed E-state index contributed by atoms with van der Waals surface area (Å²) in [4.78, 5) is 27.8. The first-order chi connectivity index (χ1) is 42.7. The molecule has 0 saturated heterocycles. The second-order valence-electron chi connectivity index (χ2n) is 27.2. The third-order valence-corrected chi connectivity index (χ3v) is 17.4. The molecule has 0 aliphatic rings. The third-order valence-electron chi connectivity index (χ3n) is 17.4. The van der Waals surface area contributed by atoms with Crippen molar-refractivity contribution in [1.82, 2.24) is 29.9 Å². The van der Waals surface area contributed by atoms with Crippen LogP contribution in [0.2, 0.25) is 0 Å². The second kappa shape index (κ2) is 26.5. The summed E-state index contributed by atoms with van der Waals surface area (Å²) < 4.78 is 6.68. The van der Waals surface area contributed by atoms with Gasteiger partial charge in [0.05, 0.1) is 52.8 Å². The lowest BCUT2D eigenvalue weighted by Gasteiger charge is -2.17. The maximum atomic E-state index is 4.69. The highest BCUT2D eigenvalue weighted by Gasteiger charge is 2.21. The standard InChI is InChI=1S/C28H32N3.C27H30N3.C26H28N3/c1-18-10-19(2)20(3)25(11-18)27-13-21-8-9-22(12-23(21)17-31(27)7)26-16-29-24(15-30-26)14-28(4,5)6;1-17(2)9-24-14-29-26(15-28-24)22-8-7-21-13-27(30(6)16-23(21)12-22)25-11-18(3)10-19(4)20(25)5;1-16(2)24-13-28-25(14-27-24)21-8-7-20-12-26(29(6)15-22(20)11-21)23-10-17(3)9-18(4)19(23)5/h8-13,15-17H,14H2,1-7H3;7-8,10-17H,9H2,1-6H3;7-16H,1-6H3/q3*+1. The van der Waals surface area contributed by atoms with E-state index in [2.05, 4.69) is 303 Å². The van der Waals surface area contributed by atoms with Gasteiger partial charge in [0.25, 0.3) is 0 Å². The number of pyridine rings is 3. The lowest BCUT2D eigenvalue weighted by molar-refractivity contribution is -0.659. The number of hydrogen-bond donors (Lipinski definition) is 0. The van der Waals surface area contributed by atoms with Crippen molar-refractivity contribution in [3.8, 4) is 67.5 Å². The summed E-state index contributed by atoms with van der Waals surface area (Å²) in [6, 6.07) is 40.1. The Kier molecular flexibility index (Phi) is 18.8. The Balaban J connectivity index is 0.000000149. The van der Waals surface area contributed by atoms with Crippen LogP contribution in [0.1, 0.15) is 122 Å². The highest BCUT2D eigenvalue weighted by atomic mass is 14.9. The number of fused-ring (bicyclic) bond motifs is 3. The number of hydrogen-bond acceptors (Lipinski definition) is 6. The minimum Gasteiger partial charge on any atom is -0.257 e. The van der Waals surface area contributed by atoms with Gasteiger partial charge in [0.2, 0.25) is 17.1 Å². The quantitative estimate of drug-likeness (QED) is 0.127. The maximum Gasteiger partial charge on any atom is 0.213 e. The molecule has 12 rings (SSSR count). The normalized spacial score (nSPS) is 11.6. The molecule has 6 aromatic heterocycles. The zero-order valence-electron chi connectivity index (χ0n) is 56.7. The summed E-state index contributed by atoms with van der Waals surface area (Å²) in [5.74, 6) is 0.972. The van der Waals surface area contributed by atoms with Crippen LogP contribution in [-0.4, -0.2) is 29.9 Å². The van der Waals surface area contributed by atoms with Crippen LogP contribution in [0, 0.1) is 73.6 Å². The highest BCUT2D eigenvalue weighted by molar-refractivity contribution is 5.90. The molecule has 6 heterocycles. The largest absolute Gasteiger partial charge is 0.257 e. The van der Waals surface area contributed by atoms with Crippen molar-refractivity contribution in [3.63, 3.8) is 0 Å². The summed E-state index contributed by atoms with van der Waals surface area (Å²) in [6.45, 7) is 35.0. The van der Waals surface area contributed by atoms with Crippen molar-refractivity contribution >= 4 is 32.3 Å². The number of aryl methyl sites for hydroxylation is 9. The Morgan fingerprint density at radius 3 is 1.01 bits per heavy atom. The number of aromatic nitrogens is 9. The van der Waals surface area contributed by atoms with Crippen LogP contribution in [0.25, 0.3) is 99.9 Å². The zero-order valence-corrected chi connectivity index (χ0v) is 56.7. The summed E-state index contributed by atoms with van der Waals surface area (Å²) in [5, 5.41) is 7.29. The Morgan fingerprint density at radius 2 is 0.711 bits per heavy atom. The molecular weight excluding hydrogens is 1100 g/mol. The predicted molar refractivity (Wildman–Crippen MR) is 373 cm³/mol. The van der Waals surface area contributed by atoms with Gasteiger partial charge in [-0.05, 0) is 178 Å². The first-order valence-corrected chi connectivity index (χ1v) is 31.8.